The summed E-state index contributed by atoms with van der Waals surface area (Å²) < 4.78 is 9.99. The molecule has 0 saturated heterocycles. The Balaban J connectivity index is 0.00000225. The fourth-order valence-electron chi connectivity index (χ4n) is 1.26. The zero-order valence-electron chi connectivity index (χ0n) is 9.27. The van der Waals surface area contributed by atoms with Crippen molar-refractivity contribution >= 4 is 12.4 Å². The zero-order chi connectivity index (χ0) is 11.4. The van der Waals surface area contributed by atoms with E-state index >= 15 is 0 Å². The predicted molar refractivity (Wildman–Crippen MR) is 64.4 cm³/mol. The topological polar surface area (TPSA) is 90.7 Å². The molecule has 6 heteroatoms. The van der Waals surface area contributed by atoms with E-state index < -0.39 is 0 Å². The maximum Gasteiger partial charge on any atom is 0.200 e. The molecule has 0 fully saturated rings. The van der Waals surface area contributed by atoms with Crippen LogP contribution in [0.5, 0.6) is 17.2 Å². The Kier molecular flexibility index (Phi) is 5.95. The summed E-state index contributed by atoms with van der Waals surface area (Å²) in [6.07, 6.45) is 0. The molecule has 1 aromatic carbocycles. The molecular weight excluding hydrogens is 232 g/mol. The van der Waals surface area contributed by atoms with E-state index in [1.165, 1.54) is 14.2 Å². The maximum atomic E-state index is 9.65. The minimum Gasteiger partial charge on any atom is -0.502 e. The monoisotopic (exact) mass is 248 g/mol. The van der Waals surface area contributed by atoms with Crippen LogP contribution in [0.25, 0.3) is 0 Å². The Morgan fingerprint density at radius 2 is 1.69 bits per heavy atom. The summed E-state index contributed by atoms with van der Waals surface area (Å²) in [5.74, 6) is 0.620. The highest BCUT2D eigenvalue weighted by Gasteiger charge is 2.14. The summed E-state index contributed by atoms with van der Waals surface area (Å²) in [7, 11) is 2.93. The van der Waals surface area contributed by atoms with Crippen LogP contribution in [0.15, 0.2) is 12.1 Å². The second-order valence-corrected chi connectivity index (χ2v) is 3.12. The number of phenolic OH excluding ortho intramolecular Hbond substituents is 1. The van der Waals surface area contributed by atoms with Gasteiger partial charge in [0.25, 0.3) is 0 Å². The molecule has 0 amide bonds. The van der Waals surface area contributed by atoms with Crippen LogP contribution in [0.2, 0.25) is 0 Å². The van der Waals surface area contributed by atoms with Gasteiger partial charge >= 0.3 is 0 Å². The van der Waals surface area contributed by atoms with Crippen LogP contribution in [0, 0.1) is 0 Å². The highest BCUT2D eigenvalue weighted by Crippen LogP contribution is 2.38. The van der Waals surface area contributed by atoms with Crippen molar-refractivity contribution in [1.29, 1.82) is 0 Å². The van der Waals surface area contributed by atoms with Gasteiger partial charge in [-0.2, -0.15) is 0 Å². The molecule has 0 aliphatic carbocycles. The molecule has 1 rings (SSSR count). The smallest absolute Gasteiger partial charge is 0.200 e. The van der Waals surface area contributed by atoms with E-state index in [1.807, 2.05) is 0 Å². The SMILES string of the molecule is COc1cc([C@H](N)CN)cc(OC)c1O.Cl. The van der Waals surface area contributed by atoms with Crippen molar-refractivity contribution < 1.29 is 14.6 Å². The summed E-state index contributed by atoms with van der Waals surface area (Å²) in [6, 6.07) is 3.00. The van der Waals surface area contributed by atoms with E-state index in [1.54, 1.807) is 12.1 Å². The number of hydrogen-bond donors (Lipinski definition) is 3. The lowest BCUT2D eigenvalue weighted by molar-refractivity contribution is 0.338. The lowest BCUT2D eigenvalue weighted by Crippen LogP contribution is -2.20. The van der Waals surface area contributed by atoms with E-state index in [9.17, 15) is 5.11 Å². The minimum absolute atomic E-state index is 0. The van der Waals surface area contributed by atoms with Gasteiger partial charge in [-0.3, -0.25) is 0 Å². The third kappa shape index (κ3) is 2.91. The Labute approximate surface area is 101 Å². The van der Waals surface area contributed by atoms with Gasteiger partial charge in [0.15, 0.2) is 11.5 Å². The molecule has 5 nitrogen and oxygen atoms in total. The van der Waals surface area contributed by atoms with Gasteiger partial charge < -0.3 is 26.0 Å². The van der Waals surface area contributed by atoms with Crippen LogP contribution in [-0.4, -0.2) is 25.9 Å². The Bertz CT molecular complexity index is 322. The van der Waals surface area contributed by atoms with Crippen LogP contribution < -0.4 is 20.9 Å². The number of aromatic hydroxyl groups is 1. The molecule has 0 bridgehead atoms. The fourth-order valence-corrected chi connectivity index (χ4v) is 1.26. The van der Waals surface area contributed by atoms with Gasteiger partial charge in [-0.1, -0.05) is 0 Å². The summed E-state index contributed by atoms with van der Waals surface area (Å²) in [5.41, 5.74) is 12.0. The molecule has 1 aromatic rings. The second kappa shape index (κ2) is 6.42. The largest absolute Gasteiger partial charge is 0.502 e. The van der Waals surface area contributed by atoms with Crippen molar-refractivity contribution in [2.24, 2.45) is 11.5 Å². The molecule has 0 saturated carbocycles. The third-order valence-corrected chi connectivity index (χ3v) is 2.18. The molecule has 0 aromatic heterocycles. The minimum atomic E-state index is -0.298. The summed E-state index contributed by atoms with van der Waals surface area (Å²) in [6.45, 7) is 0.317. The first-order valence-corrected chi connectivity index (χ1v) is 4.54. The van der Waals surface area contributed by atoms with Crippen molar-refractivity contribution in [3.8, 4) is 17.2 Å². The number of phenols is 1. The lowest BCUT2D eigenvalue weighted by atomic mass is 10.1. The van der Waals surface area contributed by atoms with Crippen LogP contribution in [0.4, 0.5) is 0 Å². The lowest BCUT2D eigenvalue weighted by Gasteiger charge is -2.14. The van der Waals surface area contributed by atoms with Gasteiger partial charge in [-0.05, 0) is 17.7 Å². The molecule has 0 heterocycles. The van der Waals surface area contributed by atoms with Crippen molar-refractivity contribution in [3.63, 3.8) is 0 Å². The van der Waals surface area contributed by atoms with E-state index in [0.717, 1.165) is 5.56 Å². The number of benzene rings is 1. The Morgan fingerprint density at radius 3 is 2.00 bits per heavy atom. The average Bonchev–Trinajstić information content (AvgIpc) is 2.28. The van der Waals surface area contributed by atoms with Crippen molar-refractivity contribution in [2.75, 3.05) is 20.8 Å². The molecule has 1 atom stereocenters. The number of rotatable bonds is 4. The van der Waals surface area contributed by atoms with Gasteiger partial charge in [0.2, 0.25) is 5.75 Å². The summed E-state index contributed by atoms with van der Waals surface area (Å²) in [5, 5.41) is 9.65. The molecule has 0 aliphatic heterocycles. The normalized spacial score (nSPS) is 11.5. The van der Waals surface area contributed by atoms with Gasteiger partial charge in [-0.15, -0.1) is 12.4 Å². The van der Waals surface area contributed by atoms with Gasteiger partial charge in [-0.25, -0.2) is 0 Å². The quantitative estimate of drug-likeness (QED) is 0.733. The Hall–Kier alpha value is -1.17. The molecule has 16 heavy (non-hydrogen) atoms. The standard InChI is InChI=1S/C10H16N2O3.ClH/c1-14-8-3-6(7(12)5-11)4-9(15-2)10(8)13;/h3-4,7,13H,5,11-12H2,1-2H3;1H/t7-;/m1./s1. The first kappa shape index (κ1) is 14.8. The number of hydrogen-bond acceptors (Lipinski definition) is 5. The van der Waals surface area contributed by atoms with Gasteiger partial charge in [0.1, 0.15) is 0 Å². The van der Waals surface area contributed by atoms with E-state index in [4.69, 9.17) is 20.9 Å². The molecule has 0 radical (unpaired) electrons. The average molecular weight is 249 g/mol. The number of methoxy groups -OCH3 is 2. The molecule has 0 unspecified atom stereocenters. The van der Waals surface area contributed by atoms with Crippen LogP contribution in [0.3, 0.4) is 0 Å². The van der Waals surface area contributed by atoms with Crippen molar-refractivity contribution in [2.45, 2.75) is 6.04 Å². The zero-order valence-corrected chi connectivity index (χ0v) is 10.1. The molecule has 92 valence electrons. The van der Waals surface area contributed by atoms with Crippen molar-refractivity contribution in [1.82, 2.24) is 0 Å². The molecule has 0 spiro atoms. The van der Waals surface area contributed by atoms with E-state index in [0.29, 0.717) is 18.0 Å². The first-order valence-electron chi connectivity index (χ1n) is 4.54. The van der Waals surface area contributed by atoms with Crippen LogP contribution >= 0.6 is 12.4 Å². The van der Waals surface area contributed by atoms with Crippen LogP contribution in [0.1, 0.15) is 11.6 Å². The van der Waals surface area contributed by atoms with E-state index in [2.05, 4.69) is 0 Å². The summed E-state index contributed by atoms with van der Waals surface area (Å²) >= 11 is 0. The second-order valence-electron chi connectivity index (χ2n) is 3.12. The first-order chi connectivity index (χ1) is 7.13. The molecular formula is C10H17ClN2O3. The molecule has 0 aliphatic rings. The highest BCUT2D eigenvalue weighted by molar-refractivity contribution is 5.85. The maximum absolute atomic E-state index is 9.65. The fraction of sp³-hybridized carbons (Fsp3) is 0.400. The van der Waals surface area contributed by atoms with E-state index in [-0.39, 0.29) is 24.2 Å². The Morgan fingerprint density at radius 1 is 1.25 bits per heavy atom. The number of nitrogens with two attached hydrogens (primary N) is 2. The number of ether oxygens (including phenoxy) is 2. The predicted octanol–water partition coefficient (Wildman–Crippen LogP) is 0.790. The van der Waals surface area contributed by atoms with Crippen LogP contribution in [-0.2, 0) is 0 Å². The van der Waals surface area contributed by atoms with Gasteiger partial charge in [0.05, 0.1) is 14.2 Å². The number of halogens is 1. The van der Waals surface area contributed by atoms with Crippen molar-refractivity contribution in [3.05, 3.63) is 17.7 Å². The highest BCUT2D eigenvalue weighted by atomic mass is 35.5. The van der Waals surface area contributed by atoms with Gasteiger partial charge in [0, 0.05) is 12.6 Å². The summed E-state index contributed by atoms with van der Waals surface area (Å²) in [4.78, 5) is 0. The molecule has 5 N–H and O–H groups in total. The third-order valence-electron chi connectivity index (χ3n) is 2.18.